The van der Waals surface area contributed by atoms with Gasteiger partial charge in [-0.25, -0.2) is 4.79 Å². The highest BCUT2D eigenvalue weighted by atomic mass is 32.1. The Morgan fingerprint density at radius 2 is 2.00 bits per heavy atom. The molecule has 0 spiro atoms. The number of carbonyl (C=O) groups is 1. The van der Waals surface area contributed by atoms with Crippen LogP contribution in [0.25, 0.3) is 11.8 Å². The van der Waals surface area contributed by atoms with Gasteiger partial charge in [-0.15, -0.1) is 11.3 Å². The van der Waals surface area contributed by atoms with Crippen LogP contribution in [-0.2, 0) is 17.8 Å². The van der Waals surface area contributed by atoms with Crippen LogP contribution in [0.2, 0.25) is 0 Å². The van der Waals surface area contributed by atoms with Gasteiger partial charge in [0.25, 0.3) is 5.56 Å². The number of aliphatic carboxylic acids is 1. The highest BCUT2D eigenvalue weighted by molar-refractivity contribution is 7.07. The summed E-state index contributed by atoms with van der Waals surface area (Å²) in [5.41, 5.74) is 1.38. The lowest BCUT2D eigenvalue weighted by Crippen LogP contribution is -2.32. The number of aromatic nitrogens is 1. The number of anilines is 1. The number of benzene rings is 1. The monoisotopic (exact) mass is 412 g/mol. The molecule has 1 aliphatic heterocycles. The summed E-state index contributed by atoms with van der Waals surface area (Å²) in [6.07, 6.45) is 5.17. The molecule has 1 aromatic heterocycles. The number of rotatable bonds is 7. The topological polar surface area (TPSA) is 98.4 Å². The van der Waals surface area contributed by atoms with E-state index in [9.17, 15) is 14.7 Å². The summed E-state index contributed by atoms with van der Waals surface area (Å²) in [5.74, 6) is -1.33. The molecule has 29 heavy (non-hydrogen) atoms. The molecule has 2 heterocycles. The Morgan fingerprint density at radius 3 is 2.59 bits per heavy atom. The largest absolute Gasteiger partial charge is 0.477 e. The average Bonchev–Trinajstić information content (AvgIpc) is 3.34. The van der Waals surface area contributed by atoms with E-state index in [0.717, 1.165) is 30.0 Å². The minimum Gasteiger partial charge on any atom is -0.477 e. The van der Waals surface area contributed by atoms with Crippen LogP contribution in [0.4, 0.5) is 5.69 Å². The Morgan fingerprint density at radius 1 is 1.31 bits per heavy atom. The predicted molar refractivity (Wildman–Crippen MR) is 114 cm³/mol. The summed E-state index contributed by atoms with van der Waals surface area (Å²) in [6, 6.07) is 9.75. The van der Waals surface area contributed by atoms with E-state index in [1.165, 1.54) is 36.1 Å². The Labute approximate surface area is 172 Å². The van der Waals surface area contributed by atoms with Crippen molar-refractivity contribution in [1.29, 1.82) is 5.26 Å². The maximum Gasteiger partial charge on any atom is 0.349 e. The smallest absolute Gasteiger partial charge is 0.349 e. The van der Waals surface area contributed by atoms with Gasteiger partial charge in [-0.2, -0.15) is 5.26 Å². The molecule has 0 unspecified atom stereocenters. The number of nitrogens with one attached hydrogen (secondary N) is 1. The molecule has 0 amide bonds. The van der Waals surface area contributed by atoms with Gasteiger partial charge in [-0.05, 0) is 57.0 Å². The molecule has 8 heteroatoms. The highest BCUT2D eigenvalue weighted by Gasteiger charge is 2.14. The zero-order valence-electron chi connectivity index (χ0n) is 16.4. The molecule has 3 rings (SSSR count). The van der Waals surface area contributed by atoms with Gasteiger partial charge in [0.05, 0.1) is 0 Å². The van der Waals surface area contributed by atoms with Crippen molar-refractivity contribution in [3.63, 3.8) is 0 Å². The number of carboxylic acid groups (broad SMARTS) is 1. The van der Waals surface area contributed by atoms with Crippen molar-refractivity contribution in [2.45, 2.75) is 32.7 Å². The summed E-state index contributed by atoms with van der Waals surface area (Å²) < 4.78 is 1.83. The molecule has 0 atom stereocenters. The van der Waals surface area contributed by atoms with E-state index in [-0.39, 0.29) is 10.2 Å². The van der Waals surface area contributed by atoms with Gasteiger partial charge < -0.3 is 15.3 Å². The second-order valence-corrected chi connectivity index (χ2v) is 7.93. The van der Waals surface area contributed by atoms with Crippen molar-refractivity contribution >= 4 is 34.8 Å². The lowest BCUT2D eigenvalue weighted by atomic mass is 10.1. The van der Waals surface area contributed by atoms with E-state index in [1.54, 1.807) is 19.2 Å². The van der Waals surface area contributed by atoms with E-state index >= 15 is 0 Å². The third-order valence-electron chi connectivity index (χ3n) is 5.00. The zero-order chi connectivity index (χ0) is 20.8. The highest BCUT2D eigenvalue weighted by Crippen LogP contribution is 2.12. The molecule has 0 aliphatic carbocycles. The molecule has 2 aromatic rings. The van der Waals surface area contributed by atoms with E-state index in [2.05, 4.69) is 22.3 Å². The summed E-state index contributed by atoms with van der Waals surface area (Å²) in [5, 5.41) is 21.4. The first kappa shape index (κ1) is 20.8. The molecule has 2 N–H and O–H groups in total. The number of hydrogen-bond acceptors (Lipinski definition) is 6. The van der Waals surface area contributed by atoms with Crippen LogP contribution in [0.3, 0.4) is 0 Å². The number of hydrogen-bond donors (Lipinski definition) is 2. The zero-order valence-corrected chi connectivity index (χ0v) is 17.2. The van der Waals surface area contributed by atoms with Crippen LogP contribution in [0.15, 0.2) is 29.1 Å². The second-order valence-electron chi connectivity index (χ2n) is 6.90. The number of carboxylic acids is 1. The van der Waals surface area contributed by atoms with Gasteiger partial charge in [0.1, 0.15) is 15.3 Å². The summed E-state index contributed by atoms with van der Waals surface area (Å²) in [4.78, 5) is 26.3. The molecule has 1 fully saturated rings. The van der Waals surface area contributed by atoms with Gasteiger partial charge in [-0.1, -0.05) is 12.1 Å². The molecule has 0 radical (unpaired) electrons. The number of likely N-dealkylation sites (tertiary alicyclic amines) is 1. The summed E-state index contributed by atoms with van der Waals surface area (Å²) >= 11 is 1.00. The van der Waals surface area contributed by atoms with Gasteiger partial charge in [0.2, 0.25) is 0 Å². The van der Waals surface area contributed by atoms with E-state index < -0.39 is 11.5 Å². The molecule has 1 aliphatic rings. The third kappa shape index (κ3) is 4.94. The fourth-order valence-corrected chi connectivity index (χ4v) is 4.47. The molecule has 0 bridgehead atoms. The van der Waals surface area contributed by atoms with E-state index in [1.807, 2.05) is 12.1 Å². The first-order valence-electron chi connectivity index (χ1n) is 9.69. The van der Waals surface area contributed by atoms with Crippen LogP contribution < -0.4 is 20.1 Å². The summed E-state index contributed by atoms with van der Waals surface area (Å²) in [6.45, 7) is 5.50. The minimum absolute atomic E-state index is 0.165. The normalized spacial score (nSPS) is 15.9. The van der Waals surface area contributed by atoms with Gasteiger partial charge in [0, 0.05) is 25.0 Å². The van der Waals surface area contributed by atoms with E-state index in [4.69, 9.17) is 5.26 Å². The molecule has 152 valence electrons. The maximum absolute atomic E-state index is 12.5. The van der Waals surface area contributed by atoms with Crippen LogP contribution in [0.5, 0.6) is 0 Å². The standard InChI is InChI=1S/C21H24N4O3S/c1-2-25-19(26)18(29-20(25)17(13-22)21(27)28)14-23-16-7-5-15(6-8-16)9-12-24-10-3-4-11-24/h5-8,14,23H,2-4,9-12H2,1H3,(H,27,28). The maximum atomic E-state index is 12.5. The fraction of sp³-hybridized carbons (Fsp3) is 0.381. The molecule has 1 aromatic carbocycles. The lowest BCUT2D eigenvalue weighted by Gasteiger charge is -2.14. The van der Waals surface area contributed by atoms with Crippen LogP contribution in [-0.4, -0.2) is 40.2 Å². The molecular formula is C21H24N4O3S. The Hall–Kier alpha value is -2.89. The van der Waals surface area contributed by atoms with Gasteiger partial charge >= 0.3 is 5.97 Å². The van der Waals surface area contributed by atoms with Crippen LogP contribution in [0, 0.1) is 11.3 Å². The third-order valence-corrected chi connectivity index (χ3v) is 6.13. The lowest BCUT2D eigenvalue weighted by molar-refractivity contribution is -0.130. The summed E-state index contributed by atoms with van der Waals surface area (Å²) in [7, 11) is 0. The quantitative estimate of drug-likeness (QED) is 0.709. The van der Waals surface area contributed by atoms with Crippen molar-refractivity contribution in [2.24, 2.45) is 0 Å². The van der Waals surface area contributed by atoms with Crippen molar-refractivity contribution < 1.29 is 9.90 Å². The molecule has 1 saturated heterocycles. The van der Waals surface area contributed by atoms with Crippen molar-refractivity contribution in [3.05, 3.63) is 49.4 Å². The fourth-order valence-electron chi connectivity index (χ4n) is 3.39. The SMILES string of the molecule is CCn1c(=C(C#N)C(=O)O)sc(=CNc2ccc(CCN3CCCC3)cc2)c1=O. The number of thiazole rings is 1. The predicted octanol–water partition coefficient (Wildman–Crippen LogP) is 1.18. The van der Waals surface area contributed by atoms with E-state index in [0.29, 0.717) is 11.1 Å². The van der Waals surface area contributed by atoms with Crippen LogP contribution >= 0.6 is 11.3 Å². The van der Waals surface area contributed by atoms with Crippen LogP contribution in [0.1, 0.15) is 25.3 Å². The molecule has 0 saturated carbocycles. The van der Waals surface area contributed by atoms with Gasteiger partial charge in [0.15, 0.2) is 5.57 Å². The Balaban J connectivity index is 1.78. The average molecular weight is 413 g/mol. The Kier molecular flexibility index (Phi) is 6.86. The first-order valence-corrected chi connectivity index (χ1v) is 10.5. The second kappa shape index (κ2) is 9.54. The molecular weight excluding hydrogens is 388 g/mol. The van der Waals surface area contributed by atoms with Crippen molar-refractivity contribution in [3.8, 4) is 6.07 Å². The molecule has 7 nitrogen and oxygen atoms in total. The van der Waals surface area contributed by atoms with Gasteiger partial charge in [-0.3, -0.25) is 9.36 Å². The van der Waals surface area contributed by atoms with Crippen molar-refractivity contribution in [1.82, 2.24) is 9.47 Å². The first-order chi connectivity index (χ1) is 14.0. The number of nitrogens with zero attached hydrogens (tertiary/aromatic N) is 3. The number of nitriles is 1. The van der Waals surface area contributed by atoms with Crippen molar-refractivity contribution in [2.75, 3.05) is 25.0 Å². The minimum atomic E-state index is -1.33. The Bertz CT molecular complexity index is 1090.